The molecule has 0 saturated heterocycles. The zero-order valence-corrected chi connectivity index (χ0v) is 8.70. The summed E-state index contributed by atoms with van der Waals surface area (Å²) < 4.78 is 5.10. The lowest BCUT2D eigenvalue weighted by Crippen LogP contribution is -2.07. The van der Waals surface area contributed by atoms with Gasteiger partial charge in [0.1, 0.15) is 11.3 Å². The van der Waals surface area contributed by atoms with Crippen LogP contribution in [0.4, 0.5) is 0 Å². The lowest BCUT2D eigenvalue weighted by atomic mass is 10.0. The van der Waals surface area contributed by atoms with Crippen molar-refractivity contribution in [3.63, 3.8) is 0 Å². The summed E-state index contributed by atoms with van der Waals surface area (Å²) in [5.41, 5.74) is 1.55. The molecule has 0 saturated carbocycles. The van der Waals surface area contributed by atoms with Gasteiger partial charge in [0.15, 0.2) is 0 Å². The Morgan fingerprint density at radius 3 is 2.80 bits per heavy atom. The molecule has 2 aromatic rings. The summed E-state index contributed by atoms with van der Waals surface area (Å²) in [6.07, 6.45) is 0.700. The van der Waals surface area contributed by atoms with Gasteiger partial charge in [-0.15, -0.1) is 0 Å². The summed E-state index contributed by atoms with van der Waals surface area (Å²) in [6, 6.07) is 4.95. The molecule has 15 heavy (non-hydrogen) atoms. The molecule has 0 bridgehead atoms. The predicted molar refractivity (Wildman–Crippen MR) is 58.3 cm³/mol. The summed E-state index contributed by atoms with van der Waals surface area (Å²) in [4.78, 5) is 11.5. The lowest BCUT2D eigenvalue weighted by molar-refractivity contribution is 0.478. The highest BCUT2D eigenvalue weighted by Crippen LogP contribution is 2.28. The summed E-state index contributed by atoms with van der Waals surface area (Å²) >= 11 is 0. The van der Waals surface area contributed by atoms with E-state index in [0.717, 1.165) is 5.56 Å². The second-order valence-electron chi connectivity index (χ2n) is 3.50. The van der Waals surface area contributed by atoms with Gasteiger partial charge in [0.25, 0.3) is 0 Å². The van der Waals surface area contributed by atoms with Gasteiger partial charge in [-0.05, 0) is 31.0 Å². The van der Waals surface area contributed by atoms with Crippen LogP contribution in [0.25, 0.3) is 11.0 Å². The van der Waals surface area contributed by atoms with Gasteiger partial charge < -0.3 is 9.52 Å². The first kappa shape index (κ1) is 9.77. The van der Waals surface area contributed by atoms with Crippen LogP contribution in [-0.4, -0.2) is 5.11 Å². The van der Waals surface area contributed by atoms with Gasteiger partial charge in [-0.2, -0.15) is 0 Å². The molecule has 3 heteroatoms. The summed E-state index contributed by atoms with van der Waals surface area (Å²) in [5, 5.41) is 10.4. The van der Waals surface area contributed by atoms with Crippen LogP contribution in [-0.2, 0) is 6.42 Å². The maximum absolute atomic E-state index is 11.5. The van der Waals surface area contributed by atoms with Crippen molar-refractivity contribution in [2.24, 2.45) is 0 Å². The molecule has 0 amide bonds. The molecule has 1 heterocycles. The molecular weight excluding hydrogens is 192 g/mol. The molecule has 3 nitrogen and oxygen atoms in total. The first-order valence-corrected chi connectivity index (χ1v) is 4.89. The van der Waals surface area contributed by atoms with E-state index in [1.54, 1.807) is 25.1 Å². The molecule has 2 rings (SSSR count). The highest BCUT2D eigenvalue weighted by atomic mass is 16.4. The first-order chi connectivity index (χ1) is 7.15. The van der Waals surface area contributed by atoms with Crippen LogP contribution >= 0.6 is 0 Å². The SMILES string of the molecule is CCc1c(C)c(=O)oc2cccc(O)c12. The van der Waals surface area contributed by atoms with Crippen molar-refractivity contribution >= 4 is 11.0 Å². The summed E-state index contributed by atoms with van der Waals surface area (Å²) in [7, 11) is 0. The average Bonchev–Trinajstić information content (AvgIpc) is 2.21. The number of aryl methyl sites for hydroxylation is 1. The van der Waals surface area contributed by atoms with Crippen molar-refractivity contribution in [1.29, 1.82) is 0 Å². The maximum Gasteiger partial charge on any atom is 0.339 e. The Morgan fingerprint density at radius 1 is 1.40 bits per heavy atom. The van der Waals surface area contributed by atoms with Gasteiger partial charge >= 0.3 is 5.63 Å². The Balaban J connectivity index is 3.03. The minimum absolute atomic E-state index is 0.163. The third kappa shape index (κ3) is 1.40. The second kappa shape index (κ2) is 3.42. The predicted octanol–water partition coefficient (Wildman–Crippen LogP) is 2.37. The van der Waals surface area contributed by atoms with E-state index in [1.807, 2.05) is 6.92 Å². The van der Waals surface area contributed by atoms with Crippen LogP contribution in [0.15, 0.2) is 27.4 Å². The maximum atomic E-state index is 11.5. The second-order valence-corrected chi connectivity index (χ2v) is 3.50. The van der Waals surface area contributed by atoms with Crippen molar-refractivity contribution in [3.8, 4) is 5.75 Å². The molecule has 1 N–H and O–H groups in total. The summed E-state index contributed by atoms with van der Waals surface area (Å²) in [6.45, 7) is 3.67. The first-order valence-electron chi connectivity index (χ1n) is 4.89. The molecule has 0 aliphatic carbocycles. The minimum Gasteiger partial charge on any atom is -0.507 e. The highest BCUT2D eigenvalue weighted by molar-refractivity contribution is 5.87. The van der Waals surface area contributed by atoms with Gasteiger partial charge in [-0.1, -0.05) is 13.0 Å². The topological polar surface area (TPSA) is 50.4 Å². The fraction of sp³-hybridized carbons (Fsp3) is 0.250. The molecule has 0 fully saturated rings. The number of rotatable bonds is 1. The molecular formula is C12H12O3. The van der Waals surface area contributed by atoms with Crippen molar-refractivity contribution in [3.05, 3.63) is 39.7 Å². The molecule has 78 valence electrons. The van der Waals surface area contributed by atoms with Crippen LogP contribution in [0.5, 0.6) is 5.75 Å². The molecule has 1 aromatic carbocycles. The van der Waals surface area contributed by atoms with E-state index in [2.05, 4.69) is 0 Å². The number of aromatic hydroxyl groups is 1. The molecule has 0 unspecified atom stereocenters. The number of hydrogen-bond donors (Lipinski definition) is 1. The van der Waals surface area contributed by atoms with Crippen molar-refractivity contribution < 1.29 is 9.52 Å². The zero-order valence-electron chi connectivity index (χ0n) is 8.70. The molecule has 0 aliphatic rings. The van der Waals surface area contributed by atoms with Crippen molar-refractivity contribution in [2.45, 2.75) is 20.3 Å². The minimum atomic E-state index is -0.329. The van der Waals surface area contributed by atoms with Crippen LogP contribution < -0.4 is 5.63 Å². The highest BCUT2D eigenvalue weighted by Gasteiger charge is 2.12. The fourth-order valence-corrected chi connectivity index (χ4v) is 1.84. The number of phenols is 1. The third-order valence-corrected chi connectivity index (χ3v) is 2.62. The zero-order chi connectivity index (χ0) is 11.0. The number of benzene rings is 1. The number of fused-ring (bicyclic) bond motifs is 1. The van der Waals surface area contributed by atoms with E-state index < -0.39 is 0 Å². The average molecular weight is 204 g/mol. The Kier molecular flexibility index (Phi) is 2.23. The van der Waals surface area contributed by atoms with Crippen LogP contribution in [0.2, 0.25) is 0 Å². The van der Waals surface area contributed by atoms with E-state index in [-0.39, 0.29) is 11.4 Å². The third-order valence-electron chi connectivity index (χ3n) is 2.62. The van der Waals surface area contributed by atoms with Crippen molar-refractivity contribution in [2.75, 3.05) is 0 Å². The fourth-order valence-electron chi connectivity index (χ4n) is 1.84. The quantitative estimate of drug-likeness (QED) is 0.725. The van der Waals surface area contributed by atoms with Gasteiger partial charge in [-0.3, -0.25) is 0 Å². The molecule has 0 radical (unpaired) electrons. The molecule has 0 atom stereocenters. The smallest absolute Gasteiger partial charge is 0.339 e. The molecule has 0 aliphatic heterocycles. The normalized spacial score (nSPS) is 10.8. The van der Waals surface area contributed by atoms with E-state index in [4.69, 9.17) is 4.42 Å². The van der Waals surface area contributed by atoms with Crippen LogP contribution in [0.3, 0.4) is 0 Å². The van der Waals surface area contributed by atoms with Gasteiger partial charge in [0.2, 0.25) is 0 Å². The van der Waals surface area contributed by atoms with Gasteiger partial charge in [0, 0.05) is 5.56 Å². The van der Waals surface area contributed by atoms with Crippen LogP contribution in [0.1, 0.15) is 18.1 Å². The Bertz CT molecular complexity index is 567. The lowest BCUT2D eigenvalue weighted by Gasteiger charge is -2.07. The molecule has 1 aromatic heterocycles. The number of phenolic OH excluding ortho intramolecular Hbond substituents is 1. The molecule has 0 spiro atoms. The van der Waals surface area contributed by atoms with Gasteiger partial charge in [0.05, 0.1) is 5.39 Å². The number of hydrogen-bond acceptors (Lipinski definition) is 3. The Labute approximate surface area is 87.0 Å². The Hall–Kier alpha value is -1.77. The van der Waals surface area contributed by atoms with E-state index in [9.17, 15) is 9.90 Å². The van der Waals surface area contributed by atoms with E-state index in [0.29, 0.717) is 23.0 Å². The van der Waals surface area contributed by atoms with Crippen LogP contribution in [0, 0.1) is 6.92 Å². The Morgan fingerprint density at radius 2 is 2.13 bits per heavy atom. The van der Waals surface area contributed by atoms with E-state index >= 15 is 0 Å². The largest absolute Gasteiger partial charge is 0.507 e. The summed E-state index contributed by atoms with van der Waals surface area (Å²) in [5.74, 6) is 0.163. The van der Waals surface area contributed by atoms with Crippen molar-refractivity contribution in [1.82, 2.24) is 0 Å². The van der Waals surface area contributed by atoms with Gasteiger partial charge in [-0.25, -0.2) is 4.79 Å². The standard InChI is InChI=1S/C12H12O3/c1-3-8-7(2)12(14)15-10-6-4-5-9(13)11(8)10/h4-6,13H,3H2,1-2H3. The monoisotopic (exact) mass is 204 g/mol. The van der Waals surface area contributed by atoms with E-state index in [1.165, 1.54) is 0 Å².